The first-order valence-electron chi connectivity index (χ1n) is 7.14. The van der Waals surface area contributed by atoms with E-state index in [0.29, 0.717) is 30.3 Å². The third-order valence-corrected chi connectivity index (χ3v) is 3.67. The Labute approximate surface area is 127 Å². The molecule has 118 valence electrons. The molecule has 0 amide bonds. The molecule has 0 radical (unpaired) electrons. The molecule has 22 heavy (non-hydrogen) atoms. The molecule has 3 N–H and O–H groups in total. The summed E-state index contributed by atoms with van der Waals surface area (Å²) in [4.78, 5) is 12.7. The van der Waals surface area contributed by atoms with Gasteiger partial charge >= 0.3 is 0 Å². The molecular weight excluding hydrogens is 286 g/mol. The first-order valence-corrected chi connectivity index (χ1v) is 7.14. The monoisotopic (exact) mass is 305 g/mol. The Morgan fingerprint density at radius 1 is 1.36 bits per heavy atom. The zero-order chi connectivity index (χ0) is 15.5. The lowest BCUT2D eigenvalue weighted by molar-refractivity contribution is 0.144. The van der Waals surface area contributed by atoms with Gasteiger partial charge in [0.05, 0.1) is 19.0 Å². The summed E-state index contributed by atoms with van der Waals surface area (Å²) in [6, 6.07) is 0.100. The average molecular weight is 305 g/mol. The van der Waals surface area contributed by atoms with Crippen LogP contribution in [0.15, 0.2) is 18.5 Å². The molecule has 0 aromatic carbocycles. The van der Waals surface area contributed by atoms with Gasteiger partial charge in [0.2, 0.25) is 11.8 Å². The second kappa shape index (κ2) is 6.29. The molecular formula is C14H19N5O3. The van der Waals surface area contributed by atoms with Crippen LogP contribution in [0.3, 0.4) is 0 Å². The lowest BCUT2D eigenvalue weighted by Gasteiger charge is -2.13. The molecule has 8 nitrogen and oxygen atoms in total. The molecule has 2 aromatic heterocycles. The smallest absolute Gasteiger partial charge is 0.247 e. The minimum Gasteiger partial charge on any atom is -0.474 e. The fraction of sp³-hybridized carbons (Fsp3) is 0.500. The molecule has 0 saturated heterocycles. The van der Waals surface area contributed by atoms with Crippen molar-refractivity contribution in [3.8, 4) is 5.88 Å². The highest BCUT2D eigenvalue weighted by Crippen LogP contribution is 2.31. The third-order valence-electron chi connectivity index (χ3n) is 3.67. The predicted molar refractivity (Wildman–Crippen MR) is 80.5 cm³/mol. The van der Waals surface area contributed by atoms with Crippen LogP contribution in [-0.4, -0.2) is 51.6 Å². The van der Waals surface area contributed by atoms with E-state index in [4.69, 9.17) is 15.2 Å². The van der Waals surface area contributed by atoms with Crippen LogP contribution in [0, 0.1) is 5.92 Å². The number of nitrogens with zero attached hydrogens (tertiary/aromatic N) is 4. The van der Waals surface area contributed by atoms with Crippen molar-refractivity contribution in [2.24, 2.45) is 5.92 Å². The van der Waals surface area contributed by atoms with Crippen LogP contribution in [0.5, 0.6) is 5.88 Å². The number of fused-ring (bicyclic) bond motifs is 1. The Balaban J connectivity index is 1.92. The number of aliphatic hydroxyl groups is 1. The van der Waals surface area contributed by atoms with E-state index < -0.39 is 0 Å². The fourth-order valence-electron chi connectivity index (χ4n) is 2.57. The molecule has 2 heterocycles. The molecule has 0 fully saturated rings. The molecule has 0 spiro atoms. The Hall–Kier alpha value is -2.19. The number of hydrogen-bond acceptors (Lipinski definition) is 7. The number of nitrogens with two attached hydrogens (primary N) is 1. The Morgan fingerprint density at radius 2 is 2.23 bits per heavy atom. The van der Waals surface area contributed by atoms with Crippen LogP contribution in [0.2, 0.25) is 0 Å². The summed E-state index contributed by atoms with van der Waals surface area (Å²) in [6.45, 7) is 0.961. The molecule has 2 aromatic rings. The van der Waals surface area contributed by atoms with Crippen molar-refractivity contribution in [3.05, 3.63) is 18.5 Å². The SMILES string of the molecule is COCCOc1nc(N)nc2c1ncn2[C@H]1C=C[C@@H](CO)C1. The topological polar surface area (TPSA) is 108 Å². The second-order valence-corrected chi connectivity index (χ2v) is 5.18. The Bertz CT molecular complexity index is 684. The number of anilines is 1. The van der Waals surface area contributed by atoms with Gasteiger partial charge in [-0.25, -0.2) is 4.98 Å². The summed E-state index contributed by atoms with van der Waals surface area (Å²) >= 11 is 0. The van der Waals surface area contributed by atoms with E-state index in [0.717, 1.165) is 6.42 Å². The lowest BCUT2D eigenvalue weighted by Crippen LogP contribution is -2.10. The molecule has 2 atom stereocenters. The average Bonchev–Trinajstić information content (AvgIpc) is 3.13. The molecule has 1 aliphatic carbocycles. The number of nitrogen functional groups attached to an aromatic ring is 1. The zero-order valence-corrected chi connectivity index (χ0v) is 12.3. The predicted octanol–water partition coefficient (Wildman–Crippen LogP) is 0.543. The van der Waals surface area contributed by atoms with Crippen LogP contribution in [-0.2, 0) is 4.74 Å². The second-order valence-electron chi connectivity index (χ2n) is 5.18. The molecule has 1 aliphatic rings. The fourth-order valence-corrected chi connectivity index (χ4v) is 2.57. The lowest BCUT2D eigenvalue weighted by atomic mass is 10.1. The van der Waals surface area contributed by atoms with Crippen LogP contribution < -0.4 is 10.5 Å². The van der Waals surface area contributed by atoms with Gasteiger partial charge in [0.25, 0.3) is 0 Å². The Kier molecular flexibility index (Phi) is 4.21. The van der Waals surface area contributed by atoms with Crippen LogP contribution in [0.4, 0.5) is 5.95 Å². The van der Waals surface area contributed by atoms with Gasteiger partial charge in [-0.2, -0.15) is 9.97 Å². The van der Waals surface area contributed by atoms with Crippen molar-refractivity contribution in [1.29, 1.82) is 0 Å². The van der Waals surface area contributed by atoms with Gasteiger partial charge in [0, 0.05) is 19.6 Å². The number of allylic oxidation sites excluding steroid dienone is 1. The normalized spacial score (nSPS) is 20.8. The summed E-state index contributed by atoms with van der Waals surface area (Å²) in [5.74, 6) is 0.667. The standard InChI is InChI=1S/C14H19N5O3/c1-21-4-5-22-13-11-12(17-14(15)18-13)19(8-16-11)10-3-2-9(6-10)7-20/h2-3,8-10,20H,4-7H2,1H3,(H2,15,17,18)/t9-,10+/m1/s1. The van der Waals surface area contributed by atoms with Gasteiger partial charge in [-0.05, 0) is 6.42 Å². The summed E-state index contributed by atoms with van der Waals surface area (Å²) in [5.41, 5.74) is 6.98. The van der Waals surface area contributed by atoms with Crippen LogP contribution in [0.1, 0.15) is 12.5 Å². The van der Waals surface area contributed by atoms with Crippen molar-refractivity contribution in [1.82, 2.24) is 19.5 Å². The van der Waals surface area contributed by atoms with E-state index in [1.807, 2.05) is 16.7 Å². The van der Waals surface area contributed by atoms with Gasteiger partial charge in [-0.3, -0.25) is 0 Å². The maximum atomic E-state index is 9.25. The van der Waals surface area contributed by atoms with Crippen LogP contribution in [0.25, 0.3) is 11.2 Å². The number of rotatable bonds is 6. The zero-order valence-electron chi connectivity index (χ0n) is 12.3. The van der Waals surface area contributed by atoms with Crippen molar-refractivity contribution in [2.75, 3.05) is 32.7 Å². The first kappa shape index (κ1) is 14.7. The number of aliphatic hydroxyl groups excluding tert-OH is 1. The highest BCUT2D eigenvalue weighted by molar-refractivity contribution is 5.77. The molecule has 3 rings (SSSR count). The van der Waals surface area contributed by atoms with Gasteiger partial charge in [-0.1, -0.05) is 12.2 Å². The van der Waals surface area contributed by atoms with Gasteiger partial charge in [0.1, 0.15) is 6.61 Å². The molecule has 0 unspecified atom stereocenters. The Morgan fingerprint density at radius 3 is 2.95 bits per heavy atom. The highest BCUT2D eigenvalue weighted by Gasteiger charge is 2.23. The number of methoxy groups -OCH3 is 1. The molecule has 0 bridgehead atoms. The van der Waals surface area contributed by atoms with E-state index in [1.54, 1.807) is 13.4 Å². The molecule has 8 heteroatoms. The number of ether oxygens (including phenoxy) is 2. The van der Waals surface area contributed by atoms with Crippen molar-refractivity contribution in [2.45, 2.75) is 12.5 Å². The first-order chi connectivity index (χ1) is 10.7. The summed E-state index contributed by atoms with van der Waals surface area (Å²) in [6.07, 6.45) is 6.57. The maximum absolute atomic E-state index is 9.25. The van der Waals surface area contributed by atoms with Gasteiger partial charge in [-0.15, -0.1) is 0 Å². The van der Waals surface area contributed by atoms with Gasteiger partial charge < -0.3 is 24.9 Å². The van der Waals surface area contributed by atoms with E-state index >= 15 is 0 Å². The summed E-state index contributed by atoms with van der Waals surface area (Å²) in [7, 11) is 1.60. The highest BCUT2D eigenvalue weighted by atomic mass is 16.5. The number of hydrogen-bond donors (Lipinski definition) is 2. The van der Waals surface area contributed by atoms with E-state index in [2.05, 4.69) is 15.0 Å². The van der Waals surface area contributed by atoms with Crippen molar-refractivity contribution in [3.63, 3.8) is 0 Å². The minimum atomic E-state index is 0.100. The molecule has 0 saturated carbocycles. The number of imidazole rings is 1. The molecule has 0 aliphatic heterocycles. The third kappa shape index (κ3) is 2.75. The largest absolute Gasteiger partial charge is 0.474 e. The number of aromatic nitrogens is 4. The quantitative estimate of drug-likeness (QED) is 0.592. The minimum absolute atomic E-state index is 0.100. The summed E-state index contributed by atoms with van der Waals surface area (Å²) in [5, 5.41) is 9.25. The summed E-state index contributed by atoms with van der Waals surface area (Å²) < 4.78 is 12.5. The van der Waals surface area contributed by atoms with E-state index in [1.165, 1.54) is 0 Å². The van der Waals surface area contributed by atoms with Crippen molar-refractivity contribution < 1.29 is 14.6 Å². The van der Waals surface area contributed by atoms with Gasteiger partial charge in [0.15, 0.2) is 11.2 Å². The van der Waals surface area contributed by atoms with E-state index in [9.17, 15) is 5.11 Å². The van der Waals surface area contributed by atoms with E-state index in [-0.39, 0.29) is 24.5 Å². The van der Waals surface area contributed by atoms with Crippen LogP contribution >= 0.6 is 0 Å². The maximum Gasteiger partial charge on any atom is 0.247 e. The van der Waals surface area contributed by atoms with Crippen molar-refractivity contribution >= 4 is 17.1 Å².